The molecular weight excluding hydrogens is 686 g/mol. The zero-order valence-electron chi connectivity index (χ0n) is 27.8. The van der Waals surface area contributed by atoms with Crippen LogP contribution < -0.4 is 10.6 Å². The Balaban J connectivity index is 1.30. The van der Waals surface area contributed by atoms with Gasteiger partial charge in [-0.15, -0.1) is 0 Å². The predicted molar refractivity (Wildman–Crippen MR) is 188 cm³/mol. The molecule has 1 unspecified atom stereocenters. The molecule has 1 aliphatic heterocycles. The van der Waals surface area contributed by atoms with Crippen LogP contribution in [0.15, 0.2) is 53.4 Å². The minimum Gasteiger partial charge on any atom is -0.356 e. The van der Waals surface area contributed by atoms with Gasteiger partial charge >= 0.3 is 0 Å². The third kappa shape index (κ3) is 6.46. The molecule has 4 heterocycles. The quantitative estimate of drug-likeness (QED) is 0.154. The van der Waals surface area contributed by atoms with Crippen molar-refractivity contribution in [3.63, 3.8) is 0 Å². The van der Waals surface area contributed by atoms with Crippen LogP contribution in [-0.4, -0.2) is 54.7 Å². The van der Waals surface area contributed by atoms with Gasteiger partial charge in [-0.25, -0.2) is 15.0 Å². The Morgan fingerprint density at radius 3 is 2.63 bits per heavy atom. The summed E-state index contributed by atoms with van der Waals surface area (Å²) in [5.41, 5.74) is 4.05. The van der Waals surface area contributed by atoms with Crippen LogP contribution in [0, 0.1) is 37.0 Å². The zero-order chi connectivity index (χ0) is 34.4. The summed E-state index contributed by atoms with van der Waals surface area (Å²) in [5.74, 6) is -0.729. The largest absolute Gasteiger partial charge is 0.356 e. The molecule has 11 nitrogen and oxygen atoms in total. The molecule has 4 aromatic rings. The summed E-state index contributed by atoms with van der Waals surface area (Å²) in [5, 5.41) is 11.5. The van der Waals surface area contributed by atoms with Gasteiger partial charge in [0.15, 0.2) is 11.6 Å². The van der Waals surface area contributed by atoms with Crippen molar-refractivity contribution in [1.82, 2.24) is 30.0 Å². The molecule has 0 radical (unpaired) electrons. The van der Waals surface area contributed by atoms with Crippen molar-refractivity contribution in [2.24, 2.45) is 23.2 Å². The molecule has 3 aliphatic rings. The van der Waals surface area contributed by atoms with Gasteiger partial charge in [-0.2, -0.15) is 5.10 Å². The molecule has 4 atom stereocenters. The third-order valence-corrected chi connectivity index (χ3v) is 10.8. The van der Waals surface area contributed by atoms with Crippen LogP contribution in [-0.2, 0) is 27.3 Å². The number of pyridine rings is 1. The first-order valence-corrected chi connectivity index (χ1v) is 17.5. The maximum Gasteiger partial charge on any atom is 0.229 e. The van der Waals surface area contributed by atoms with E-state index in [0.29, 0.717) is 53.9 Å². The lowest BCUT2D eigenvalue weighted by Gasteiger charge is -2.22. The fraction of sp³-hybridized carbons (Fsp3) is 0.405. The van der Waals surface area contributed by atoms with Crippen molar-refractivity contribution in [2.45, 2.75) is 65.8 Å². The highest BCUT2D eigenvalue weighted by Crippen LogP contribution is 2.68. The second-order valence-electron chi connectivity index (χ2n) is 13.7. The number of rotatable bonds is 4. The molecule has 2 fully saturated rings. The molecule has 2 amide bonds. The van der Waals surface area contributed by atoms with Crippen LogP contribution in [0.2, 0.25) is 0 Å². The third-order valence-electron chi connectivity index (χ3n) is 10.4. The van der Waals surface area contributed by atoms with Gasteiger partial charge in [-0.1, -0.05) is 18.2 Å². The highest BCUT2D eigenvalue weighted by molar-refractivity contribution is 9.10. The van der Waals surface area contributed by atoms with Crippen LogP contribution in [0.3, 0.4) is 0 Å². The molecular formula is C37H38BrN7O4. The Morgan fingerprint density at radius 2 is 1.86 bits per heavy atom. The van der Waals surface area contributed by atoms with Crippen LogP contribution >= 0.6 is 15.9 Å². The molecule has 0 spiro atoms. The molecule has 49 heavy (non-hydrogen) atoms. The van der Waals surface area contributed by atoms with Crippen molar-refractivity contribution < 1.29 is 19.2 Å². The standard InChI is InChI=1S/C37H38BrN7O4/c1-20-10-11-30(38)42-35(20)43-36(49)27-14-37-15-28(37)32(27)29(47)18-45-34-23(8-6-4-5-7-9-31(48)41-19-37)12-24(25-16-39-22(3)40-17-25)13-26(34)33(44-45)21(2)46/h4,6,10-13,16-17,27-28,32H,5,7-9,14-15,18-19H2,1-3H3,(H,41,48)(H,42,43,49)/t27-,28+,32?,37+/m1/s1. The van der Waals surface area contributed by atoms with Crippen molar-refractivity contribution in [2.75, 3.05) is 11.9 Å². The number of aryl methyl sites for hydroxylation is 2. The number of amides is 2. The molecule has 1 aromatic carbocycles. The normalized spacial score (nSPS) is 23.9. The van der Waals surface area contributed by atoms with E-state index in [1.54, 1.807) is 17.1 Å². The van der Waals surface area contributed by atoms with Crippen LogP contribution in [0.5, 0.6) is 0 Å². The molecule has 252 valence electrons. The van der Waals surface area contributed by atoms with E-state index in [0.717, 1.165) is 40.6 Å². The van der Waals surface area contributed by atoms with Gasteiger partial charge < -0.3 is 10.6 Å². The van der Waals surface area contributed by atoms with E-state index >= 15 is 0 Å². The van der Waals surface area contributed by atoms with E-state index in [4.69, 9.17) is 5.10 Å². The van der Waals surface area contributed by atoms with Crippen molar-refractivity contribution in [3.8, 4) is 11.1 Å². The first kappa shape index (κ1) is 32.9. The second-order valence-corrected chi connectivity index (χ2v) is 14.5. The zero-order valence-corrected chi connectivity index (χ0v) is 29.3. The average Bonchev–Trinajstić information content (AvgIpc) is 3.48. The fourth-order valence-corrected chi connectivity index (χ4v) is 8.06. The first-order chi connectivity index (χ1) is 23.5. The lowest BCUT2D eigenvalue weighted by molar-refractivity contribution is -0.131. The smallest absolute Gasteiger partial charge is 0.229 e. The SMILES string of the molecule is CC(=O)c1nn2c3c(cc(-c4cnc(C)nc4)cc13)CC=CCCCC(=O)NC[C@@]13C[C@@H](C(=O)Nc4nc(Br)ccc4C)C(C(=O)C2)[C@@H]1C3. The average molecular weight is 725 g/mol. The number of nitrogens with zero attached hydrogens (tertiary/aromatic N) is 5. The summed E-state index contributed by atoms with van der Waals surface area (Å²) >= 11 is 3.39. The molecule has 7 rings (SSSR count). The molecule has 3 aromatic heterocycles. The van der Waals surface area contributed by atoms with Gasteiger partial charge in [0, 0.05) is 55.1 Å². The molecule has 2 aliphatic carbocycles. The van der Waals surface area contributed by atoms with Crippen LogP contribution in [0.1, 0.15) is 66.5 Å². The highest BCUT2D eigenvalue weighted by atomic mass is 79.9. The molecule has 0 saturated heterocycles. The number of carbonyl (C=O) groups excluding carboxylic acids is 4. The number of ketones is 2. The predicted octanol–water partition coefficient (Wildman–Crippen LogP) is 5.72. The van der Waals surface area contributed by atoms with Crippen molar-refractivity contribution >= 4 is 56.0 Å². The minimum atomic E-state index is -0.605. The van der Waals surface area contributed by atoms with Gasteiger partial charge in [-0.3, -0.25) is 23.9 Å². The number of carbonyl (C=O) groups is 4. The van der Waals surface area contributed by atoms with Crippen molar-refractivity contribution in [3.05, 3.63) is 76.1 Å². The molecule has 2 saturated carbocycles. The highest BCUT2D eigenvalue weighted by Gasteiger charge is 2.68. The molecule has 12 heteroatoms. The number of allylic oxidation sites excluding steroid dienone is 2. The molecule has 2 N–H and O–H groups in total. The van der Waals surface area contributed by atoms with Crippen LogP contribution in [0.25, 0.3) is 22.0 Å². The summed E-state index contributed by atoms with van der Waals surface area (Å²) in [4.78, 5) is 67.5. The van der Waals surface area contributed by atoms with E-state index in [-0.39, 0.29) is 47.0 Å². The summed E-state index contributed by atoms with van der Waals surface area (Å²) in [7, 11) is 0. The minimum absolute atomic E-state index is 0.0193. The lowest BCUT2D eigenvalue weighted by atomic mass is 9.86. The number of benzene rings is 1. The summed E-state index contributed by atoms with van der Waals surface area (Å²) in [6.45, 7) is 5.52. The lowest BCUT2D eigenvalue weighted by Crippen LogP contribution is -2.35. The van der Waals surface area contributed by atoms with Gasteiger partial charge in [0.2, 0.25) is 11.8 Å². The number of Topliss-reactive ketones (excluding diaryl/α,β-unsaturated/α-hetero) is 2. The Bertz CT molecular complexity index is 2040. The van der Waals surface area contributed by atoms with Gasteiger partial charge in [0.25, 0.3) is 0 Å². The van der Waals surface area contributed by atoms with Gasteiger partial charge in [-0.05, 0) is 108 Å². The number of nitrogens with one attached hydrogen (secondary N) is 2. The van der Waals surface area contributed by atoms with E-state index in [1.807, 2.05) is 38.1 Å². The topological polar surface area (TPSA) is 149 Å². The van der Waals surface area contributed by atoms with E-state index in [2.05, 4.69) is 53.7 Å². The van der Waals surface area contributed by atoms with E-state index < -0.39 is 11.8 Å². The fourth-order valence-electron chi connectivity index (χ4n) is 7.76. The Kier molecular flexibility index (Phi) is 8.76. The molecule has 2 bridgehead atoms. The Morgan fingerprint density at radius 1 is 1.06 bits per heavy atom. The summed E-state index contributed by atoms with van der Waals surface area (Å²) in [6, 6.07) is 7.64. The van der Waals surface area contributed by atoms with E-state index in [9.17, 15) is 19.2 Å². The van der Waals surface area contributed by atoms with Crippen molar-refractivity contribution in [1.29, 1.82) is 0 Å². The number of halogens is 1. The van der Waals surface area contributed by atoms with E-state index in [1.165, 1.54) is 6.92 Å². The number of hydrogen-bond acceptors (Lipinski definition) is 8. The maximum atomic E-state index is 14.5. The first-order valence-electron chi connectivity index (χ1n) is 16.7. The Hall–Kier alpha value is -4.58. The van der Waals surface area contributed by atoms with Crippen LogP contribution in [0.4, 0.5) is 5.82 Å². The van der Waals surface area contributed by atoms with Gasteiger partial charge in [0.1, 0.15) is 28.5 Å². The second kappa shape index (κ2) is 13.0. The number of hydrogen-bond donors (Lipinski definition) is 2. The number of aromatic nitrogens is 5. The number of anilines is 1. The maximum absolute atomic E-state index is 14.5. The monoisotopic (exact) mass is 723 g/mol. The Labute approximate surface area is 292 Å². The summed E-state index contributed by atoms with van der Waals surface area (Å²) < 4.78 is 2.25. The van der Waals surface area contributed by atoms with Gasteiger partial charge in [0.05, 0.1) is 5.52 Å². The summed E-state index contributed by atoms with van der Waals surface area (Å²) in [6.07, 6.45) is 11.3.